The molecule has 0 bridgehead atoms. The van der Waals surface area contributed by atoms with Crippen molar-refractivity contribution in [2.24, 2.45) is 5.92 Å². The lowest BCUT2D eigenvalue weighted by Gasteiger charge is -2.27. The molecule has 0 N–H and O–H groups in total. The third-order valence-electron chi connectivity index (χ3n) is 6.99. The summed E-state index contributed by atoms with van der Waals surface area (Å²) in [5, 5.41) is 0. The maximum atomic E-state index is 11.2. The first-order valence-corrected chi connectivity index (χ1v) is 13.5. The van der Waals surface area contributed by atoms with Gasteiger partial charge in [-0.1, -0.05) is 103 Å². The largest absolute Gasteiger partial charge is 0.469 e. The standard InChI is InChI=1S/C28H52O3/c1-4-5-6-7-8-10-16-21-26(24-25-19-14-13-15-20-25)27(30-2)22-17-11-9-12-18-23-28(29)31-3/h21,25,27H,4-20,22-24H2,1-3H3/b26-21-. The van der Waals surface area contributed by atoms with Crippen LogP contribution in [-0.4, -0.2) is 26.3 Å². The molecule has 0 spiro atoms. The van der Waals surface area contributed by atoms with E-state index >= 15 is 0 Å². The highest BCUT2D eigenvalue weighted by Crippen LogP contribution is 2.32. The number of hydrogen-bond donors (Lipinski definition) is 0. The number of hydrogen-bond acceptors (Lipinski definition) is 3. The zero-order valence-corrected chi connectivity index (χ0v) is 21.1. The van der Waals surface area contributed by atoms with Crippen LogP contribution < -0.4 is 0 Å². The van der Waals surface area contributed by atoms with Gasteiger partial charge in [0.25, 0.3) is 0 Å². The van der Waals surface area contributed by atoms with Crippen molar-refractivity contribution in [1.29, 1.82) is 0 Å². The molecule has 0 heterocycles. The average Bonchev–Trinajstić information content (AvgIpc) is 2.80. The SMILES string of the molecule is CCCCCCCC/C=C(/CC1CCCCC1)C(CCCCCCCC(=O)OC)OC. The zero-order chi connectivity index (χ0) is 22.6. The summed E-state index contributed by atoms with van der Waals surface area (Å²) in [6.07, 6.45) is 28.0. The maximum absolute atomic E-state index is 11.2. The van der Waals surface area contributed by atoms with E-state index in [9.17, 15) is 4.79 Å². The van der Waals surface area contributed by atoms with Gasteiger partial charge < -0.3 is 9.47 Å². The monoisotopic (exact) mass is 436 g/mol. The minimum absolute atomic E-state index is 0.0812. The molecule has 0 aromatic rings. The third kappa shape index (κ3) is 14.8. The highest BCUT2D eigenvalue weighted by molar-refractivity contribution is 5.68. The summed E-state index contributed by atoms with van der Waals surface area (Å²) in [6.45, 7) is 2.29. The second kappa shape index (κ2) is 19.8. The van der Waals surface area contributed by atoms with E-state index < -0.39 is 0 Å². The fourth-order valence-electron chi connectivity index (χ4n) is 4.97. The number of esters is 1. The molecule has 3 nitrogen and oxygen atoms in total. The molecule has 1 fully saturated rings. The first-order valence-electron chi connectivity index (χ1n) is 13.5. The van der Waals surface area contributed by atoms with Crippen LogP contribution in [-0.2, 0) is 14.3 Å². The summed E-state index contributed by atoms with van der Waals surface area (Å²) < 4.78 is 10.7. The molecule has 31 heavy (non-hydrogen) atoms. The fraction of sp³-hybridized carbons (Fsp3) is 0.893. The molecular formula is C28H52O3. The number of ether oxygens (including phenoxy) is 2. The Hall–Kier alpha value is -0.830. The molecular weight excluding hydrogens is 384 g/mol. The first-order chi connectivity index (χ1) is 15.2. The van der Waals surface area contributed by atoms with Gasteiger partial charge in [0.2, 0.25) is 0 Å². The summed E-state index contributed by atoms with van der Waals surface area (Å²) >= 11 is 0. The van der Waals surface area contributed by atoms with Crippen LogP contribution in [0.1, 0.15) is 135 Å². The Bertz CT molecular complexity index is 451. The summed E-state index contributed by atoms with van der Waals surface area (Å²) in [4.78, 5) is 11.2. The van der Waals surface area contributed by atoms with Gasteiger partial charge in [0, 0.05) is 13.5 Å². The Balaban J connectivity index is 2.40. The summed E-state index contributed by atoms with van der Waals surface area (Å²) in [5.41, 5.74) is 1.59. The minimum Gasteiger partial charge on any atom is -0.469 e. The van der Waals surface area contributed by atoms with Crippen LogP contribution >= 0.6 is 0 Å². The van der Waals surface area contributed by atoms with Gasteiger partial charge in [-0.15, -0.1) is 0 Å². The lowest BCUT2D eigenvalue weighted by atomic mass is 9.82. The van der Waals surface area contributed by atoms with Gasteiger partial charge in [-0.25, -0.2) is 0 Å². The predicted octanol–water partition coefficient (Wildman–Crippen LogP) is 8.55. The fourth-order valence-corrected chi connectivity index (χ4v) is 4.97. The van der Waals surface area contributed by atoms with E-state index in [1.165, 1.54) is 110 Å². The predicted molar refractivity (Wildman–Crippen MR) is 132 cm³/mol. The van der Waals surface area contributed by atoms with Crippen molar-refractivity contribution >= 4 is 5.97 Å². The third-order valence-corrected chi connectivity index (χ3v) is 6.99. The number of allylic oxidation sites excluding steroid dienone is 1. The van der Waals surface area contributed by atoms with Crippen molar-refractivity contribution in [3.63, 3.8) is 0 Å². The maximum Gasteiger partial charge on any atom is 0.305 e. The molecule has 1 unspecified atom stereocenters. The number of unbranched alkanes of at least 4 members (excludes halogenated alkanes) is 10. The molecule has 1 aliphatic rings. The van der Waals surface area contributed by atoms with Crippen molar-refractivity contribution in [2.75, 3.05) is 14.2 Å². The quantitative estimate of drug-likeness (QED) is 0.116. The molecule has 0 aromatic carbocycles. The Labute approximate surface area is 193 Å². The van der Waals surface area contributed by atoms with E-state index in [2.05, 4.69) is 13.0 Å². The lowest BCUT2D eigenvalue weighted by Crippen LogP contribution is -2.18. The van der Waals surface area contributed by atoms with E-state index in [1.807, 2.05) is 7.11 Å². The molecule has 182 valence electrons. The van der Waals surface area contributed by atoms with Crippen LogP contribution in [0, 0.1) is 5.92 Å². The van der Waals surface area contributed by atoms with Crippen molar-refractivity contribution in [3.8, 4) is 0 Å². The van der Waals surface area contributed by atoms with E-state index in [0.717, 1.165) is 25.2 Å². The van der Waals surface area contributed by atoms with Gasteiger partial charge in [0.15, 0.2) is 0 Å². The number of methoxy groups -OCH3 is 2. The van der Waals surface area contributed by atoms with E-state index in [0.29, 0.717) is 12.5 Å². The van der Waals surface area contributed by atoms with Crippen molar-refractivity contribution < 1.29 is 14.3 Å². The van der Waals surface area contributed by atoms with Crippen molar-refractivity contribution in [1.82, 2.24) is 0 Å². The molecule has 1 rings (SSSR count). The van der Waals surface area contributed by atoms with Crippen LogP contribution in [0.15, 0.2) is 11.6 Å². The highest BCUT2D eigenvalue weighted by Gasteiger charge is 2.20. The van der Waals surface area contributed by atoms with Crippen LogP contribution in [0.5, 0.6) is 0 Å². The summed E-state index contributed by atoms with van der Waals surface area (Å²) in [7, 11) is 3.37. The molecule has 0 radical (unpaired) electrons. The average molecular weight is 437 g/mol. The van der Waals surface area contributed by atoms with Crippen LogP contribution in [0.3, 0.4) is 0 Å². The van der Waals surface area contributed by atoms with Crippen LogP contribution in [0.2, 0.25) is 0 Å². The van der Waals surface area contributed by atoms with Crippen LogP contribution in [0.25, 0.3) is 0 Å². The second-order valence-electron chi connectivity index (χ2n) is 9.65. The molecule has 0 saturated heterocycles. The molecule has 1 saturated carbocycles. The van der Waals surface area contributed by atoms with Gasteiger partial charge in [0.1, 0.15) is 0 Å². The van der Waals surface area contributed by atoms with E-state index in [1.54, 1.807) is 5.57 Å². The van der Waals surface area contributed by atoms with Crippen molar-refractivity contribution in [3.05, 3.63) is 11.6 Å². The van der Waals surface area contributed by atoms with Crippen molar-refractivity contribution in [2.45, 2.75) is 141 Å². The zero-order valence-electron chi connectivity index (χ0n) is 21.1. The summed E-state index contributed by atoms with van der Waals surface area (Å²) in [6, 6.07) is 0. The van der Waals surface area contributed by atoms with Gasteiger partial charge in [0.05, 0.1) is 13.2 Å². The van der Waals surface area contributed by atoms with Gasteiger partial charge >= 0.3 is 5.97 Å². The Morgan fingerprint density at radius 3 is 2.19 bits per heavy atom. The minimum atomic E-state index is -0.0812. The Morgan fingerprint density at radius 1 is 0.871 bits per heavy atom. The lowest BCUT2D eigenvalue weighted by molar-refractivity contribution is -0.140. The molecule has 0 aliphatic heterocycles. The van der Waals surface area contributed by atoms with E-state index in [-0.39, 0.29) is 5.97 Å². The number of carbonyl (C=O) groups is 1. The van der Waals surface area contributed by atoms with Crippen LogP contribution in [0.4, 0.5) is 0 Å². The highest BCUT2D eigenvalue weighted by atomic mass is 16.5. The second-order valence-corrected chi connectivity index (χ2v) is 9.65. The number of rotatable bonds is 19. The molecule has 1 atom stereocenters. The Kier molecular flexibility index (Phi) is 18.0. The molecule has 3 heteroatoms. The van der Waals surface area contributed by atoms with Gasteiger partial charge in [-0.2, -0.15) is 0 Å². The normalized spacial score (nSPS) is 16.4. The molecule has 1 aliphatic carbocycles. The number of carbonyl (C=O) groups excluding carboxylic acids is 1. The van der Waals surface area contributed by atoms with Gasteiger partial charge in [-0.3, -0.25) is 4.79 Å². The van der Waals surface area contributed by atoms with Gasteiger partial charge in [-0.05, 0) is 43.6 Å². The Morgan fingerprint density at radius 2 is 1.52 bits per heavy atom. The molecule has 0 aromatic heterocycles. The smallest absolute Gasteiger partial charge is 0.305 e. The van der Waals surface area contributed by atoms with E-state index in [4.69, 9.17) is 9.47 Å². The molecule has 0 amide bonds. The topological polar surface area (TPSA) is 35.5 Å². The first kappa shape index (κ1) is 28.2. The summed E-state index contributed by atoms with van der Waals surface area (Å²) in [5.74, 6) is 0.794.